The maximum absolute atomic E-state index is 12.9. The second kappa shape index (κ2) is 11.5. The molecule has 10 nitrogen and oxygen atoms in total. The SMILES string of the molecule is O=C(NNC(=O)C(Cc1ccccc1)NC(=O)c1ccco1)c1ccc(NS(=O)(=O)c2cccs2)cc1. The van der Waals surface area contributed by atoms with Gasteiger partial charge in [-0.05, 0) is 53.4 Å². The van der Waals surface area contributed by atoms with Gasteiger partial charge in [0.15, 0.2) is 5.76 Å². The molecule has 0 aliphatic rings. The zero-order chi connectivity index (χ0) is 26.3. The highest BCUT2D eigenvalue weighted by Gasteiger charge is 2.24. The van der Waals surface area contributed by atoms with Crippen LogP contribution in [-0.2, 0) is 21.2 Å². The second-order valence-electron chi connectivity index (χ2n) is 7.75. The third-order valence-corrected chi connectivity index (χ3v) is 7.89. The van der Waals surface area contributed by atoms with Crippen LogP contribution in [0.4, 0.5) is 5.69 Å². The number of anilines is 1. The molecule has 190 valence electrons. The van der Waals surface area contributed by atoms with E-state index in [0.29, 0.717) is 0 Å². The van der Waals surface area contributed by atoms with Gasteiger partial charge in [0.05, 0.1) is 6.26 Å². The summed E-state index contributed by atoms with van der Waals surface area (Å²) < 4.78 is 32.4. The highest BCUT2D eigenvalue weighted by atomic mass is 32.2. The number of rotatable bonds is 9. The van der Waals surface area contributed by atoms with Crippen molar-refractivity contribution >= 4 is 44.8 Å². The van der Waals surface area contributed by atoms with Gasteiger partial charge in [0.1, 0.15) is 10.3 Å². The van der Waals surface area contributed by atoms with E-state index in [1.165, 1.54) is 42.7 Å². The molecule has 3 amide bonds. The molecular weight excluding hydrogens is 516 g/mol. The smallest absolute Gasteiger partial charge is 0.287 e. The average Bonchev–Trinajstić information content (AvgIpc) is 3.63. The lowest BCUT2D eigenvalue weighted by Gasteiger charge is -2.18. The zero-order valence-electron chi connectivity index (χ0n) is 19.2. The first-order valence-corrected chi connectivity index (χ1v) is 13.3. The Hall–Kier alpha value is -4.42. The van der Waals surface area contributed by atoms with Crippen LogP contribution in [0.25, 0.3) is 0 Å². The standard InChI is InChI=1S/C25H22N4O6S2/c30-23(18-10-12-19(13-11-18)29-37(33,34)22-9-5-15-36-22)27-28-24(31)20(16-17-6-2-1-3-7-17)26-25(32)21-8-4-14-35-21/h1-15,20,29H,16H2,(H,26,32)(H,27,30)(H,28,31). The first-order valence-electron chi connectivity index (χ1n) is 11.0. The Kier molecular flexibility index (Phi) is 8.01. The highest BCUT2D eigenvalue weighted by molar-refractivity contribution is 7.94. The molecule has 0 bridgehead atoms. The normalized spacial score (nSPS) is 11.8. The van der Waals surface area contributed by atoms with E-state index >= 15 is 0 Å². The minimum Gasteiger partial charge on any atom is -0.459 e. The first-order chi connectivity index (χ1) is 17.8. The van der Waals surface area contributed by atoms with Gasteiger partial charge in [-0.15, -0.1) is 11.3 Å². The average molecular weight is 539 g/mol. The van der Waals surface area contributed by atoms with Gasteiger partial charge in [-0.3, -0.25) is 30.0 Å². The lowest BCUT2D eigenvalue weighted by Crippen LogP contribution is -2.53. The third-order valence-electron chi connectivity index (χ3n) is 5.11. The maximum atomic E-state index is 12.9. The Morgan fingerprint density at radius 2 is 1.59 bits per heavy atom. The van der Waals surface area contributed by atoms with Gasteiger partial charge in [-0.2, -0.15) is 0 Å². The number of sulfonamides is 1. The predicted octanol–water partition coefficient (Wildman–Crippen LogP) is 2.94. The molecule has 0 aliphatic carbocycles. The number of carbonyl (C=O) groups excluding carboxylic acids is 3. The number of amides is 3. The monoisotopic (exact) mass is 538 g/mol. The van der Waals surface area contributed by atoms with Crippen LogP contribution in [0.2, 0.25) is 0 Å². The van der Waals surface area contributed by atoms with Crippen molar-refractivity contribution < 1.29 is 27.2 Å². The van der Waals surface area contributed by atoms with Crippen molar-refractivity contribution in [2.24, 2.45) is 0 Å². The number of thiophene rings is 1. The molecule has 4 aromatic rings. The summed E-state index contributed by atoms with van der Waals surface area (Å²) in [6.07, 6.45) is 1.52. The van der Waals surface area contributed by atoms with E-state index in [4.69, 9.17) is 4.42 Å². The van der Waals surface area contributed by atoms with Gasteiger partial charge in [-0.1, -0.05) is 36.4 Å². The van der Waals surface area contributed by atoms with Crippen molar-refractivity contribution in [1.82, 2.24) is 16.2 Å². The second-order valence-corrected chi connectivity index (χ2v) is 10.6. The summed E-state index contributed by atoms with van der Waals surface area (Å²) in [5, 5.41) is 4.27. The fraction of sp³-hybridized carbons (Fsp3) is 0.0800. The molecular formula is C25H22N4O6S2. The van der Waals surface area contributed by atoms with E-state index in [9.17, 15) is 22.8 Å². The van der Waals surface area contributed by atoms with Crippen LogP contribution < -0.4 is 20.9 Å². The van der Waals surface area contributed by atoms with Crippen molar-refractivity contribution in [3.05, 3.63) is 107 Å². The number of hydrogen-bond donors (Lipinski definition) is 4. The van der Waals surface area contributed by atoms with Crippen molar-refractivity contribution in [2.75, 3.05) is 4.72 Å². The Morgan fingerprint density at radius 1 is 0.838 bits per heavy atom. The number of benzene rings is 2. The molecule has 2 aromatic heterocycles. The van der Waals surface area contributed by atoms with Crippen molar-refractivity contribution in [3.8, 4) is 0 Å². The summed E-state index contributed by atoms with van der Waals surface area (Å²) in [5.74, 6) is -1.80. The van der Waals surface area contributed by atoms with Crippen molar-refractivity contribution in [3.63, 3.8) is 0 Å². The number of nitrogens with one attached hydrogen (secondary N) is 4. The molecule has 0 saturated carbocycles. The molecule has 0 fully saturated rings. The summed E-state index contributed by atoms with van der Waals surface area (Å²) in [5.41, 5.74) is 5.90. The van der Waals surface area contributed by atoms with E-state index in [1.54, 1.807) is 17.5 Å². The van der Waals surface area contributed by atoms with E-state index < -0.39 is 33.8 Å². The van der Waals surface area contributed by atoms with Gasteiger partial charge in [0, 0.05) is 17.7 Å². The fourth-order valence-corrected chi connectivity index (χ4v) is 5.34. The minimum absolute atomic E-state index is 0.0460. The summed E-state index contributed by atoms with van der Waals surface area (Å²) in [6.45, 7) is 0. The Morgan fingerprint density at radius 3 is 2.24 bits per heavy atom. The Balaban J connectivity index is 1.37. The van der Waals surface area contributed by atoms with Crippen LogP contribution in [0.3, 0.4) is 0 Å². The van der Waals surface area contributed by atoms with Crippen LogP contribution >= 0.6 is 11.3 Å². The van der Waals surface area contributed by atoms with Gasteiger partial charge in [0.2, 0.25) is 0 Å². The Bertz CT molecular complexity index is 1450. The van der Waals surface area contributed by atoms with Crippen molar-refractivity contribution in [2.45, 2.75) is 16.7 Å². The molecule has 4 rings (SSSR count). The number of furan rings is 1. The molecule has 2 aromatic carbocycles. The van der Waals surface area contributed by atoms with E-state index in [-0.39, 0.29) is 27.6 Å². The van der Waals surface area contributed by atoms with Crippen LogP contribution in [-0.4, -0.2) is 32.2 Å². The first kappa shape index (κ1) is 25.7. The van der Waals surface area contributed by atoms with Gasteiger partial charge in [-0.25, -0.2) is 8.42 Å². The molecule has 2 heterocycles. The van der Waals surface area contributed by atoms with Crippen LogP contribution in [0.1, 0.15) is 26.5 Å². The van der Waals surface area contributed by atoms with Gasteiger partial charge in [0.25, 0.3) is 27.7 Å². The summed E-state index contributed by atoms with van der Waals surface area (Å²) in [4.78, 5) is 37.9. The topological polar surface area (TPSA) is 147 Å². The Labute approximate surface area is 216 Å². The molecule has 0 saturated heterocycles. The van der Waals surface area contributed by atoms with Crippen LogP contribution in [0.15, 0.2) is 99.1 Å². The maximum Gasteiger partial charge on any atom is 0.287 e. The molecule has 0 radical (unpaired) electrons. The van der Waals surface area contributed by atoms with Crippen molar-refractivity contribution in [1.29, 1.82) is 0 Å². The largest absolute Gasteiger partial charge is 0.459 e. The highest BCUT2D eigenvalue weighted by Crippen LogP contribution is 2.20. The van der Waals surface area contributed by atoms with E-state index in [2.05, 4.69) is 20.9 Å². The molecule has 1 unspecified atom stereocenters. The molecule has 0 spiro atoms. The quantitative estimate of drug-likeness (QED) is 0.241. The zero-order valence-corrected chi connectivity index (χ0v) is 20.8. The van der Waals surface area contributed by atoms with Gasteiger partial charge < -0.3 is 9.73 Å². The molecule has 4 N–H and O–H groups in total. The van der Waals surface area contributed by atoms with E-state index in [0.717, 1.165) is 16.9 Å². The fourth-order valence-electron chi connectivity index (χ4n) is 3.29. The number of hydrogen-bond acceptors (Lipinski definition) is 7. The number of carbonyl (C=O) groups is 3. The van der Waals surface area contributed by atoms with Crippen LogP contribution in [0, 0.1) is 0 Å². The third kappa shape index (κ3) is 6.84. The lowest BCUT2D eigenvalue weighted by atomic mass is 10.1. The summed E-state index contributed by atoms with van der Waals surface area (Å²) >= 11 is 1.09. The molecule has 1 atom stereocenters. The van der Waals surface area contributed by atoms with Gasteiger partial charge >= 0.3 is 0 Å². The predicted molar refractivity (Wildman–Crippen MR) is 137 cm³/mol. The minimum atomic E-state index is -3.72. The summed E-state index contributed by atoms with van der Waals surface area (Å²) in [6, 6.07) is 19.9. The van der Waals surface area contributed by atoms with Crippen LogP contribution in [0.5, 0.6) is 0 Å². The lowest BCUT2D eigenvalue weighted by molar-refractivity contribution is -0.123. The molecule has 37 heavy (non-hydrogen) atoms. The summed E-state index contributed by atoms with van der Waals surface area (Å²) in [7, 11) is -3.72. The van der Waals surface area contributed by atoms with E-state index in [1.807, 2.05) is 30.3 Å². The molecule has 12 heteroatoms. The number of hydrazine groups is 1. The molecule has 0 aliphatic heterocycles.